The van der Waals surface area contributed by atoms with Gasteiger partial charge in [0, 0.05) is 31.6 Å². The first-order valence-corrected chi connectivity index (χ1v) is 12.3. The van der Waals surface area contributed by atoms with Gasteiger partial charge in [-0.25, -0.2) is 18.4 Å². The molecule has 1 saturated heterocycles. The van der Waals surface area contributed by atoms with Gasteiger partial charge >= 0.3 is 6.18 Å². The summed E-state index contributed by atoms with van der Waals surface area (Å²) in [5.41, 5.74) is 0.760. The second-order valence-electron chi connectivity index (χ2n) is 8.29. The summed E-state index contributed by atoms with van der Waals surface area (Å²) in [5, 5.41) is 0.828. The second-order valence-corrected chi connectivity index (χ2v) is 10.2. The Morgan fingerprint density at radius 1 is 0.943 bits per heavy atom. The molecule has 0 unspecified atom stereocenters. The molecule has 35 heavy (non-hydrogen) atoms. The number of hydrogen-bond donors (Lipinski definition) is 0. The summed E-state index contributed by atoms with van der Waals surface area (Å²) < 4.78 is 72.1. The number of anilines is 1. The zero-order valence-electron chi connectivity index (χ0n) is 18.7. The topological polar surface area (TPSA) is 79.5 Å². The Kier molecular flexibility index (Phi) is 5.76. The number of nitrogens with zero attached hydrogens (tertiary/aromatic N) is 4. The van der Waals surface area contributed by atoms with Gasteiger partial charge in [-0.1, -0.05) is 17.7 Å². The fourth-order valence-corrected chi connectivity index (χ4v) is 5.57. The van der Waals surface area contributed by atoms with Crippen LogP contribution in [0.2, 0.25) is 0 Å². The zero-order valence-corrected chi connectivity index (χ0v) is 19.5. The van der Waals surface area contributed by atoms with Crippen LogP contribution in [0.15, 0.2) is 70.2 Å². The fraction of sp³-hybridized carbons (Fsp3) is 0.250. The molecular formula is C24H21F3N4O3S. The van der Waals surface area contributed by atoms with Crippen molar-refractivity contribution in [1.82, 2.24) is 14.3 Å². The highest BCUT2D eigenvalue weighted by atomic mass is 32.2. The lowest BCUT2D eigenvalue weighted by Gasteiger charge is -2.35. The van der Waals surface area contributed by atoms with Gasteiger partial charge in [-0.15, -0.1) is 0 Å². The van der Waals surface area contributed by atoms with E-state index in [9.17, 15) is 21.6 Å². The van der Waals surface area contributed by atoms with Crippen molar-refractivity contribution in [2.75, 3.05) is 31.1 Å². The lowest BCUT2D eigenvalue weighted by Crippen LogP contribution is -2.49. The summed E-state index contributed by atoms with van der Waals surface area (Å²) in [6, 6.07) is 13.2. The molecule has 11 heteroatoms. The van der Waals surface area contributed by atoms with Crippen molar-refractivity contribution in [3.63, 3.8) is 0 Å². The summed E-state index contributed by atoms with van der Waals surface area (Å²) in [4.78, 5) is 10.9. The summed E-state index contributed by atoms with van der Waals surface area (Å²) in [6.45, 7) is 2.80. The number of rotatable bonds is 4. The average molecular weight is 503 g/mol. The Hall–Kier alpha value is -3.44. The van der Waals surface area contributed by atoms with E-state index in [4.69, 9.17) is 9.40 Å². The van der Waals surface area contributed by atoms with Gasteiger partial charge < -0.3 is 9.32 Å². The van der Waals surface area contributed by atoms with Crippen LogP contribution < -0.4 is 4.90 Å². The van der Waals surface area contributed by atoms with Crippen LogP contribution >= 0.6 is 0 Å². The van der Waals surface area contributed by atoms with Gasteiger partial charge in [-0.3, -0.25) is 0 Å². The van der Waals surface area contributed by atoms with Crippen molar-refractivity contribution >= 4 is 26.7 Å². The molecule has 3 heterocycles. The molecular weight excluding hydrogens is 481 g/mol. The largest absolute Gasteiger partial charge is 0.461 e. The fourth-order valence-electron chi connectivity index (χ4n) is 4.11. The van der Waals surface area contributed by atoms with E-state index in [0.29, 0.717) is 36.6 Å². The minimum atomic E-state index is -4.62. The lowest BCUT2D eigenvalue weighted by molar-refractivity contribution is -0.137. The van der Waals surface area contributed by atoms with Crippen LogP contribution in [-0.2, 0) is 16.2 Å². The van der Waals surface area contributed by atoms with Crippen LogP contribution in [-0.4, -0.2) is 48.9 Å². The molecule has 7 nitrogen and oxygen atoms in total. The SMILES string of the molecule is Cc1ccc2nc(-c3ccco3)nc(N3CCN(S(=O)(=O)c4cccc(C(F)(F)F)c4)CC3)c2c1. The normalized spacial score (nSPS) is 15.6. The molecule has 0 radical (unpaired) electrons. The number of sulfonamides is 1. The van der Waals surface area contributed by atoms with Gasteiger partial charge in [0.2, 0.25) is 10.0 Å². The van der Waals surface area contributed by atoms with E-state index in [1.54, 1.807) is 12.1 Å². The highest BCUT2D eigenvalue weighted by Gasteiger charge is 2.34. The zero-order chi connectivity index (χ0) is 24.8. The Balaban J connectivity index is 1.44. The van der Waals surface area contributed by atoms with Crippen LogP contribution in [0.3, 0.4) is 0 Å². The number of fused-ring (bicyclic) bond motifs is 1. The highest BCUT2D eigenvalue weighted by molar-refractivity contribution is 7.89. The number of hydrogen-bond acceptors (Lipinski definition) is 6. The standard InChI is InChI=1S/C24H21F3N4O3S/c1-16-7-8-20-19(14-16)23(29-22(28-20)21-6-3-13-34-21)30-9-11-31(12-10-30)35(32,33)18-5-2-4-17(15-18)24(25,26)27/h2-8,13-15H,9-12H2,1H3. The molecule has 5 rings (SSSR count). The first-order valence-electron chi connectivity index (χ1n) is 10.9. The molecule has 4 aromatic rings. The summed E-state index contributed by atoms with van der Waals surface area (Å²) >= 11 is 0. The van der Waals surface area contributed by atoms with Crippen LogP contribution in [0.1, 0.15) is 11.1 Å². The number of furan rings is 1. The molecule has 1 aliphatic rings. The van der Waals surface area contributed by atoms with Crippen LogP contribution in [0.4, 0.5) is 19.0 Å². The maximum absolute atomic E-state index is 13.1. The van der Waals surface area contributed by atoms with E-state index in [1.807, 2.05) is 30.0 Å². The Morgan fingerprint density at radius 3 is 2.40 bits per heavy atom. The van der Waals surface area contributed by atoms with Gasteiger partial charge in [0.05, 0.1) is 22.2 Å². The Labute approximate surface area is 199 Å². The molecule has 0 spiro atoms. The first kappa shape index (κ1) is 23.3. The summed E-state index contributed by atoms with van der Waals surface area (Å²) in [5.74, 6) is 1.58. The maximum Gasteiger partial charge on any atom is 0.416 e. The number of aryl methyl sites for hydroxylation is 1. The molecule has 0 atom stereocenters. The first-order chi connectivity index (χ1) is 16.6. The van der Waals surface area contributed by atoms with E-state index >= 15 is 0 Å². The molecule has 1 aliphatic heterocycles. The average Bonchev–Trinajstić information content (AvgIpc) is 3.38. The van der Waals surface area contributed by atoms with Crippen molar-refractivity contribution in [2.24, 2.45) is 0 Å². The molecule has 1 fully saturated rings. The Morgan fingerprint density at radius 2 is 1.71 bits per heavy atom. The number of benzene rings is 2. The van der Waals surface area contributed by atoms with Crippen LogP contribution in [0, 0.1) is 6.92 Å². The summed E-state index contributed by atoms with van der Waals surface area (Å²) in [6.07, 6.45) is -3.09. The lowest BCUT2D eigenvalue weighted by atomic mass is 10.1. The van der Waals surface area contributed by atoms with Crippen LogP contribution in [0.5, 0.6) is 0 Å². The van der Waals surface area contributed by atoms with Crippen molar-refractivity contribution in [3.8, 4) is 11.6 Å². The number of halogens is 3. The monoisotopic (exact) mass is 502 g/mol. The number of alkyl halides is 3. The molecule has 0 bridgehead atoms. The minimum absolute atomic E-state index is 0.103. The van der Waals surface area contributed by atoms with E-state index in [1.165, 1.54) is 16.6 Å². The highest BCUT2D eigenvalue weighted by Crippen LogP contribution is 2.32. The van der Waals surface area contributed by atoms with Crippen LogP contribution in [0.25, 0.3) is 22.5 Å². The van der Waals surface area contributed by atoms with E-state index < -0.39 is 21.8 Å². The van der Waals surface area contributed by atoms with E-state index in [-0.39, 0.29) is 18.0 Å². The van der Waals surface area contributed by atoms with Crippen molar-refractivity contribution in [3.05, 3.63) is 72.0 Å². The van der Waals surface area contributed by atoms with E-state index in [0.717, 1.165) is 28.6 Å². The number of piperazine rings is 1. The van der Waals surface area contributed by atoms with Crippen molar-refractivity contribution in [2.45, 2.75) is 18.0 Å². The molecule has 0 saturated carbocycles. The number of aromatic nitrogens is 2. The van der Waals surface area contributed by atoms with E-state index in [2.05, 4.69) is 4.98 Å². The third-order valence-electron chi connectivity index (χ3n) is 5.91. The molecule has 2 aromatic heterocycles. The van der Waals surface area contributed by atoms with Crippen molar-refractivity contribution in [1.29, 1.82) is 0 Å². The van der Waals surface area contributed by atoms with Gasteiger partial charge in [-0.05, 0) is 49.4 Å². The predicted molar refractivity (Wildman–Crippen MR) is 124 cm³/mol. The summed E-state index contributed by atoms with van der Waals surface area (Å²) in [7, 11) is -4.08. The minimum Gasteiger partial charge on any atom is -0.461 e. The third-order valence-corrected chi connectivity index (χ3v) is 7.80. The molecule has 0 amide bonds. The van der Waals surface area contributed by atoms with Gasteiger partial charge in [0.15, 0.2) is 11.6 Å². The van der Waals surface area contributed by atoms with Crippen molar-refractivity contribution < 1.29 is 26.0 Å². The maximum atomic E-state index is 13.1. The Bertz CT molecular complexity index is 1480. The molecule has 182 valence electrons. The second kappa shape index (κ2) is 8.65. The van der Waals surface area contributed by atoms with Gasteiger partial charge in [0.1, 0.15) is 5.82 Å². The van der Waals surface area contributed by atoms with Gasteiger partial charge in [0.25, 0.3) is 0 Å². The smallest absolute Gasteiger partial charge is 0.416 e. The quantitative estimate of drug-likeness (QED) is 0.402. The van der Waals surface area contributed by atoms with Gasteiger partial charge in [-0.2, -0.15) is 17.5 Å². The molecule has 2 aromatic carbocycles. The molecule has 0 aliphatic carbocycles. The molecule has 0 N–H and O–H groups in total. The predicted octanol–water partition coefficient (Wildman–Crippen LogP) is 4.73. The third kappa shape index (κ3) is 4.48.